The molecule has 0 amide bonds. The second kappa shape index (κ2) is 7.06. The number of hydrogen-bond acceptors (Lipinski definition) is 0. The summed E-state index contributed by atoms with van der Waals surface area (Å²) in [6, 6.07) is 4.70. The molecule has 0 aromatic heterocycles. The summed E-state index contributed by atoms with van der Waals surface area (Å²) in [5, 5.41) is 0. The van der Waals surface area contributed by atoms with E-state index in [0.717, 1.165) is 17.5 Å². The van der Waals surface area contributed by atoms with Gasteiger partial charge in [0.2, 0.25) is 0 Å². The molecule has 0 unspecified atom stereocenters. The number of rotatable bonds is 1. The fourth-order valence-corrected chi connectivity index (χ4v) is 1.10. The van der Waals surface area contributed by atoms with E-state index in [0.29, 0.717) is 5.92 Å². The summed E-state index contributed by atoms with van der Waals surface area (Å²) in [4.78, 5) is 0. The van der Waals surface area contributed by atoms with Crippen LogP contribution in [-0.4, -0.2) is 0 Å². The zero-order valence-electron chi connectivity index (χ0n) is 9.68. The number of terminal acetylenes is 1. The Bertz CT molecular complexity index is 332. The first-order valence-corrected chi connectivity index (χ1v) is 5.07. The van der Waals surface area contributed by atoms with Crippen LogP contribution in [0.2, 0.25) is 0 Å². The van der Waals surface area contributed by atoms with Crippen LogP contribution in [0.1, 0.15) is 44.2 Å². The highest BCUT2D eigenvalue weighted by Gasteiger charge is 2.03. The maximum Gasteiger partial charge on any atom is 0.123 e. The molecule has 0 aliphatic heterocycles. The van der Waals surface area contributed by atoms with E-state index in [1.807, 2.05) is 20.8 Å². The molecule has 0 aliphatic rings. The summed E-state index contributed by atoms with van der Waals surface area (Å²) in [5.41, 5.74) is 1.91. The van der Waals surface area contributed by atoms with Crippen molar-refractivity contribution in [2.45, 2.75) is 33.1 Å². The van der Waals surface area contributed by atoms with Crippen LogP contribution in [0, 0.1) is 25.1 Å². The molecule has 0 N–H and O–H groups in total. The third kappa shape index (κ3) is 5.22. The quantitative estimate of drug-likeness (QED) is 0.604. The third-order valence-corrected chi connectivity index (χ3v) is 1.93. The molecule has 81 valence electrons. The van der Waals surface area contributed by atoms with Gasteiger partial charge >= 0.3 is 0 Å². The van der Waals surface area contributed by atoms with Gasteiger partial charge in [0.25, 0.3) is 0 Å². The SMILES string of the molecule is C#CCC.[CH2]c1ccc(F)cc1C(C)C. The molecule has 0 fully saturated rings. The molecule has 0 saturated heterocycles. The van der Waals surface area contributed by atoms with Gasteiger partial charge in [-0.3, -0.25) is 0 Å². The minimum atomic E-state index is -0.180. The highest BCUT2D eigenvalue weighted by atomic mass is 19.1. The van der Waals surface area contributed by atoms with Gasteiger partial charge in [0.1, 0.15) is 5.82 Å². The Hall–Kier alpha value is -1.29. The van der Waals surface area contributed by atoms with E-state index >= 15 is 0 Å². The highest BCUT2D eigenvalue weighted by Crippen LogP contribution is 2.19. The van der Waals surface area contributed by atoms with Gasteiger partial charge in [0, 0.05) is 6.42 Å². The van der Waals surface area contributed by atoms with E-state index < -0.39 is 0 Å². The fourth-order valence-electron chi connectivity index (χ4n) is 1.10. The second-order valence-electron chi connectivity index (χ2n) is 3.56. The van der Waals surface area contributed by atoms with Gasteiger partial charge < -0.3 is 0 Å². The second-order valence-corrected chi connectivity index (χ2v) is 3.56. The van der Waals surface area contributed by atoms with E-state index in [1.54, 1.807) is 12.1 Å². The molecule has 0 spiro atoms. The van der Waals surface area contributed by atoms with Gasteiger partial charge in [-0.2, -0.15) is 0 Å². The van der Waals surface area contributed by atoms with Crippen molar-refractivity contribution in [3.8, 4) is 12.3 Å². The van der Waals surface area contributed by atoms with Crippen molar-refractivity contribution in [1.29, 1.82) is 0 Å². The van der Waals surface area contributed by atoms with Crippen molar-refractivity contribution in [1.82, 2.24) is 0 Å². The van der Waals surface area contributed by atoms with Crippen molar-refractivity contribution in [2.75, 3.05) is 0 Å². The van der Waals surface area contributed by atoms with Crippen LogP contribution in [0.5, 0.6) is 0 Å². The lowest BCUT2D eigenvalue weighted by Crippen LogP contribution is -1.92. The third-order valence-electron chi connectivity index (χ3n) is 1.93. The van der Waals surface area contributed by atoms with Gasteiger partial charge in [-0.1, -0.05) is 26.8 Å². The van der Waals surface area contributed by atoms with Crippen LogP contribution in [0.25, 0.3) is 0 Å². The van der Waals surface area contributed by atoms with Crippen LogP contribution in [0.4, 0.5) is 4.39 Å². The van der Waals surface area contributed by atoms with Crippen molar-refractivity contribution < 1.29 is 4.39 Å². The Kier molecular flexibility index (Phi) is 6.45. The van der Waals surface area contributed by atoms with E-state index in [9.17, 15) is 4.39 Å². The van der Waals surface area contributed by atoms with Gasteiger partial charge in [-0.15, -0.1) is 12.3 Å². The number of halogens is 1. The minimum absolute atomic E-state index is 0.180. The van der Waals surface area contributed by atoms with Crippen molar-refractivity contribution in [3.05, 3.63) is 42.1 Å². The summed E-state index contributed by atoms with van der Waals surface area (Å²) >= 11 is 0. The van der Waals surface area contributed by atoms with Gasteiger partial charge in [0.05, 0.1) is 0 Å². The molecule has 0 bridgehead atoms. The summed E-state index contributed by atoms with van der Waals surface area (Å²) in [6.07, 6.45) is 5.62. The van der Waals surface area contributed by atoms with Crippen molar-refractivity contribution in [3.63, 3.8) is 0 Å². The molecule has 1 heteroatoms. The molecule has 1 aromatic carbocycles. The van der Waals surface area contributed by atoms with E-state index in [4.69, 9.17) is 6.42 Å². The Morgan fingerprint density at radius 2 is 2.00 bits per heavy atom. The zero-order chi connectivity index (χ0) is 11.8. The molecular weight excluding hydrogens is 187 g/mol. The molecule has 0 heterocycles. The molecule has 1 aromatic rings. The summed E-state index contributed by atoms with van der Waals surface area (Å²) < 4.78 is 12.7. The molecule has 0 aliphatic carbocycles. The molecule has 15 heavy (non-hydrogen) atoms. The van der Waals surface area contributed by atoms with E-state index in [1.165, 1.54) is 6.07 Å². The molecule has 0 atom stereocenters. The van der Waals surface area contributed by atoms with Gasteiger partial charge in [0.15, 0.2) is 0 Å². The minimum Gasteiger partial charge on any atom is -0.207 e. The first kappa shape index (κ1) is 13.7. The lowest BCUT2D eigenvalue weighted by molar-refractivity contribution is 0.623. The van der Waals surface area contributed by atoms with E-state index in [2.05, 4.69) is 12.8 Å². The Balaban J connectivity index is 0.000000423. The Labute approximate surface area is 92.5 Å². The average molecular weight is 205 g/mol. The summed E-state index contributed by atoms with van der Waals surface area (Å²) in [5.74, 6) is 2.60. The standard InChI is InChI=1S/C10H12F.C4H6/c1-7(2)10-6-9(11)5-4-8(10)3;1-3-4-2/h4-7H,3H2,1-2H3;1H,4H2,2H3. The molecular formula is C14H18F. The van der Waals surface area contributed by atoms with Gasteiger partial charge in [-0.05, 0) is 36.1 Å². The predicted molar refractivity (Wildman–Crippen MR) is 64.1 cm³/mol. The fraction of sp³-hybridized carbons (Fsp3) is 0.357. The summed E-state index contributed by atoms with van der Waals surface area (Å²) in [7, 11) is 0. The normalized spacial score (nSPS) is 9.13. The first-order valence-electron chi connectivity index (χ1n) is 5.07. The zero-order valence-corrected chi connectivity index (χ0v) is 9.68. The van der Waals surface area contributed by atoms with E-state index in [-0.39, 0.29) is 5.82 Å². The van der Waals surface area contributed by atoms with Crippen LogP contribution in [0.3, 0.4) is 0 Å². The van der Waals surface area contributed by atoms with Crippen LogP contribution < -0.4 is 0 Å². The van der Waals surface area contributed by atoms with Crippen LogP contribution >= 0.6 is 0 Å². The Morgan fingerprint density at radius 1 is 1.47 bits per heavy atom. The smallest absolute Gasteiger partial charge is 0.123 e. The van der Waals surface area contributed by atoms with Crippen molar-refractivity contribution in [2.24, 2.45) is 0 Å². The molecule has 1 radical (unpaired) electrons. The summed E-state index contributed by atoms with van der Waals surface area (Å²) in [6.45, 7) is 9.82. The maximum atomic E-state index is 12.7. The molecule has 1 rings (SSSR count). The predicted octanol–water partition coefficient (Wildman–Crippen LogP) is 4.16. The largest absolute Gasteiger partial charge is 0.207 e. The van der Waals surface area contributed by atoms with Gasteiger partial charge in [-0.25, -0.2) is 4.39 Å². The number of benzene rings is 1. The topological polar surface area (TPSA) is 0 Å². The van der Waals surface area contributed by atoms with Crippen molar-refractivity contribution >= 4 is 0 Å². The van der Waals surface area contributed by atoms with Crippen LogP contribution in [-0.2, 0) is 0 Å². The maximum absolute atomic E-state index is 12.7. The number of hydrogen-bond donors (Lipinski definition) is 0. The average Bonchev–Trinajstić information content (AvgIpc) is 2.22. The van der Waals surface area contributed by atoms with Crippen LogP contribution in [0.15, 0.2) is 18.2 Å². The Morgan fingerprint density at radius 3 is 2.33 bits per heavy atom. The highest BCUT2D eigenvalue weighted by molar-refractivity contribution is 5.32. The monoisotopic (exact) mass is 205 g/mol. The first-order chi connectivity index (χ1) is 7.02. The lowest BCUT2D eigenvalue weighted by atomic mass is 9.98. The molecule has 0 nitrogen and oxygen atoms in total. The lowest BCUT2D eigenvalue weighted by Gasteiger charge is -2.08. The molecule has 0 saturated carbocycles.